The quantitative estimate of drug-likeness (QED) is 0.898. The molecule has 1 aromatic rings. The summed E-state index contributed by atoms with van der Waals surface area (Å²) in [6.45, 7) is 9.24. The van der Waals surface area contributed by atoms with Crippen molar-refractivity contribution in [3.63, 3.8) is 0 Å². The van der Waals surface area contributed by atoms with Crippen LogP contribution in [-0.2, 0) is 16.8 Å². The first-order valence-electron chi connectivity index (χ1n) is 7.35. The summed E-state index contributed by atoms with van der Waals surface area (Å²) in [4.78, 5) is 13.8. The van der Waals surface area contributed by atoms with Gasteiger partial charge in [-0.2, -0.15) is 0 Å². The van der Waals surface area contributed by atoms with E-state index in [1.165, 1.54) is 5.56 Å². The molecule has 0 saturated carbocycles. The van der Waals surface area contributed by atoms with Crippen LogP contribution in [0.5, 0.6) is 0 Å². The van der Waals surface area contributed by atoms with E-state index in [4.69, 9.17) is 5.73 Å². The third-order valence-electron chi connectivity index (χ3n) is 3.53. The Labute approximate surface area is 123 Å². The molecule has 0 aliphatic heterocycles. The summed E-state index contributed by atoms with van der Waals surface area (Å²) < 4.78 is 0. The Morgan fingerprint density at radius 3 is 2.25 bits per heavy atom. The summed E-state index contributed by atoms with van der Waals surface area (Å²) in [6, 6.07) is 8.09. The molecule has 3 nitrogen and oxygen atoms in total. The number of nitrogens with zero attached hydrogens (tertiary/aromatic N) is 1. The van der Waals surface area contributed by atoms with Crippen LogP contribution in [-0.4, -0.2) is 23.9 Å². The summed E-state index contributed by atoms with van der Waals surface area (Å²) >= 11 is 0. The zero-order chi connectivity index (χ0) is 15.3. The summed E-state index contributed by atoms with van der Waals surface area (Å²) in [6.07, 6.45) is 1.67. The predicted molar refractivity (Wildman–Crippen MR) is 84.5 cm³/mol. The molecule has 112 valence electrons. The van der Waals surface area contributed by atoms with Gasteiger partial charge in [-0.15, -0.1) is 0 Å². The van der Waals surface area contributed by atoms with Crippen LogP contribution in [0.2, 0.25) is 0 Å². The minimum atomic E-state index is -0.376. The van der Waals surface area contributed by atoms with Crippen molar-refractivity contribution in [1.82, 2.24) is 4.90 Å². The van der Waals surface area contributed by atoms with Gasteiger partial charge in [0.1, 0.15) is 0 Å². The highest BCUT2D eigenvalue weighted by Crippen LogP contribution is 2.22. The number of carbonyl (C=O) groups excluding carboxylic acids is 1. The molecule has 0 aromatic heterocycles. The molecule has 0 radical (unpaired) electrons. The molecule has 0 saturated heterocycles. The summed E-state index contributed by atoms with van der Waals surface area (Å²) in [5.41, 5.74) is 8.47. The second-order valence-electron chi connectivity index (χ2n) is 6.54. The molecule has 0 unspecified atom stereocenters. The SMILES string of the molecule is CCC[C@H](N)C(=O)N(C)Cc1ccc(C(C)(C)C)cc1. The Balaban J connectivity index is 2.67. The molecule has 0 bridgehead atoms. The van der Waals surface area contributed by atoms with E-state index in [0.29, 0.717) is 6.54 Å². The van der Waals surface area contributed by atoms with Gasteiger partial charge in [0.2, 0.25) is 5.91 Å². The molecule has 1 amide bonds. The van der Waals surface area contributed by atoms with Crippen LogP contribution in [0.3, 0.4) is 0 Å². The van der Waals surface area contributed by atoms with Crippen LogP contribution in [0.25, 0.3) is 0 Å². The molecular weight excluding hydrogens is 248 g/mol. The van der Waals surface area contributed by atoms with E-state index >= 15 is 0 Å². The second-order valence-corrected chi connectivity index (χ2v) is 6.54. The number of benzene rings is 1. The van der Waals surface area contributed by atoms with Crippen LogP contribution in [0.1, 0.15) is 51.7 Å². The standard InChI is InChI=1S/C17H28N2O/c1-6-7-15(18)16(20)19(5)12-13-8-10-14(11-9-13)17(2,3)4/h8-11,15H,6-7,12,18H2,1-5H3/t15-/m0/s1. The molecule has 0 aliphatic carbocycles. The van der Waals surface area contributed by atoms with E-state index in [1.807, 2.05) is 14.0 Å². The van der Waals surface area contributed by atoms with Gasteiger partial charge in [0.15, 0.2) is 0 Å². The molecule has 3 heteroatoms. The number of hydrogen-bond donors (Lipinski definition) is 1. The first kappa shape index (κ1) is 16.7. The zero-order valence-electron chi connectivity index (χ0n) is 13.4. The minimum Gasteiger partial charge on any atom is -0.340 e. The Kier molecular flexibility index (Phi) is 5.75. The first-order chi connectivity index (χ1) is 9.25. The topological polar surface area (TPSA) is 46.3 Å². The number of amides is 1. The molecule has 0 aliphatic rings. The largest absolute Gasteiger partial charge is 0.340 e. The minimum absolute atomic E-state index is 0.0201. The van der Waals surface area contributed by atoms with Crippen LogP contribution in [0.15, 0.2) is 24.3 Å². The molecule has 20 heavy (non-hydrogen) atoms. The van der Waals surface area contributed by atoms with Gasteiger partial charge in [0.25, 0.3) is 0 Å². The van der Waals surface area contributed by atoms with Crippen LogP contribution in [0, 0.1) is 0 Å². The third-order valence-corrected chi connectivity index (χ3v) is 3.53. The molecule has 1 aromatic carbocycles. The molecule has 2 N–H and O–H groups in total. The molecule has 1 atom stereocenters. The summed E-state index contributed by atoms with van der Waals surface area (Å²) in [5.74, 6) is 0.0201. The number of hydrogen-bond acceptors (Lipinski definition) is 2. The van der Waals surface area contributed by atoms with E-state index in [-0.39, 0.29) is 17.4 Å². The fourth-order valence-electron chi connectivity index (χ4n) is 2.18. The number of likely N-dealkylation sites (N-methyl/N-ethyl adjacent to an activating group) is 1. The van der Waals surface area contributed by atoms with Gasteiger partial charge in [-0.1, -0.05) is 58.4 Å². The van der Waals surface area contributed by atoms with Crippen molar-refractivity contribution in [3.05, 3.63) is 35.4 Å². The lowest BCUT2D eigenvalue weighted by atomic mass is 9.87. The van der Waals surface area contributed by atoms with E-state index in [9.17, 15) is 4.79 Å². The maximum Gasteiger partial charge on any atom is 0.239 e. The Hall–Kier alpha value is -1.35. The first-order valence-corrected chi connectivity index (χ1v) is 7.35. The number of nitrogens with two attached hydrogens (primary N) is 1. The van der Waals surface area contributed by atoms with E-state index in [0.717, 1.165) is 18.4 Å². The highest BCUT2D eigenvalue weighted by Gasteiger charge is 2.17. The van der Waals surface area contributed by atoms with Crippen molar-refractivity contribution in [2.24, 2.45) is 5.73 Å². The van der Waals surface area contributed by atoms with Gasteiger partial charge >= 0.3 is 0 Å². The van der Waals surface area contributed by atoms with Gasteiger partial charge < -0.3 is 10.6 Å². The van der Waals surface area contributed by atoms with Gasteiger partial charge in [-0.3, -0.25) is 4.79 Å². The molecular formula is C17H28N2O. The van der Waals surface area contributed by atoms with Gasteiger partial charge in [0, 0.05) is 13.6 Å². The summed E-state index contributed by atoms with van der Waals surface area (Å²) in [7, 11) is 1.82. The zero-order valence-corrected chi connectivity index (χ0v) is 13.4. The Bertz CT molecular complexity index is 431. The second kappa shape index (κ2) is 6.89. The van der Waals surface area contributed by atoms with Crippen LogP contribution in [0.4, 0.5) is 0 Å². The van der Waals surface area contributed by atoms with Gasteiger partial charge in [-0.25, -0.2) is 0 Å². The highest BCUT2D eigenvalue weighted by molar-refractivity contribution is 5.81. The third kappa shape index (κ3) is 4.64. The highest BCUT2D eigenvalue weighted by atomic mass is 16.2. The van der Waals surface area contributed by atoms with Gasteiger partial charge in [0.05, 0.1) is 6.04 Å². The van der Waals surface area contributed by atoms with Crippen molar-refractivity contribution in [1.29, 1.82) is 0 Å². The van der Waals surface area contributed by atoms with Crippen LogP contribution >= 0.6 is 0 Å². The van der Waals surface area contributed by atoms with Crippen molar-refractivity contribution in [2.45, 2.75) is 58.5 Å². The molecule has 0 spiro atoms. The Morgan fingerprint density at radius 2 is 1.80 bits per heavy atom. The average Bonchev–Trinajstić information content (AvgIpc) is 2.37. The smallest absolute Gasteiger partial charge is 0.239 e. The van der Waals surface area contributed by atoms with Crippen molar-refractivity contribution in [2.75, 3.05) is 7.05 Å². The van der Waals surface area contributed by atoms with E-state index < -0.39 is 0 Å². The molecule has 0 fully saturated rings. The lowest BCUT2D eigenvalue weighted by Crippen LogP contribution is -2.41. The number of rotatable bonds is 5. The lowest BCUT2D eigenvalue weighted by molar-refractivity contribution is -0.131. The fourth-order valence-corrected chi connectivity index (χ4v) is 2.18. The fraction of sp³-hybridized carbons (Fsp3) is 0.588. The Morgan fingerprint density at radius 1 is 1.25 bits per heavy atom. The maximum absolute atomic E-state index is 12.1. The average molecular weight is 276 g/mol. The summed E-state index contributed by atoms with van der Waals surface area (Å²) in [5, 5.41) is 0. The lowest BCUT2D eigenvalue weighted by Gasteiger charge is -2.22. The monoisotopic (exact) mass is 276 g/mol. The van der Waals surface area contributed by atoms with Crippen molar-refractivity contribution >= 4 is 5.91 Å². The van der Waals surface area contributed by atoms with E-state index in [2.05, 4.69) is 45.0 Å². The van der Waals surface area contributed by atoms with Gasteiger partial charge in [-0.05, 0) is 23.0 Å². The van der Waals surface area contributed by atoms with E-state index in [1.54, 1.807) is 4.90 Å². The number of carbonyl (C=O) groups is 1. The van der Waals surface area contributed by atoms with Crippen molar-refractivity contribution < 1.29 is 4.79 Å². The normalized spacial score (nSPS) is 13.1. The van der Waals surface area contributed by atoms with Crippen molar-refractivity contribution in [3.8, 4) is 0 Å². The predicted octanol–water partition coefficient (Wildman–Crippen LogP) is 3.07. The van der Waals surface area contributed by atoms with Crippen LogP contribution < -0.4 is 5.73 Å². The molecule has 0 heterocycles. The maximum atomic E-state index is 12.1. The molecule has 1 rings (SSSR count).